The summed E-state index contributed by atoms with van der Waals surface area (Å²) in [6.45, 7) is 1.54. The lowest BCUT2D eigenvalue weighted by molar-refractivity contribution is -0.161. The number of nitrogens with two attached hydrogens (primary N) is 1. The van der Waals surface area contributed by atoms with Crippen LogP contribution in [-0.2, 0) is 20.8 Å². The van der Waals surface area contributed by atoms with Crippen molar-refractivity contribution in [1.82, 2.24) is 4.90 Å². The van der Waals surface area contributed by atoms with Crippen LogP contribution in [0.1, 0.15) is 24.5 Å². The fourth-order valence-corrected chi connectivity index (χ4v) is 3.55. The summed E-state index contributed by atoms with van der Waals surface area (Å²) in [4.78, 5) is 36.0. The van der Waals surface area contributed by atoms with E-state index in [0.29, 0.717) is 17.6 Å². The van der Waals surface area contributed by atoms with E-state index in [4.69, 9.17) is 5.73 Å². The monoisotopic (exact) mass is 330 g/mol. The van der Waals surface area contributed by atoms with Crippen LogP contribution in [0.2, 0.25) is 0 Å². The van der Waals surface area contributed by atoms with Crippen LogP contribution < -0.4 is 5.73 Å². The fourth-order valence-electron chi connectivity index (χ4n) is 3.55. The number of carboxylic acids is 1. The van der Waals surface area contributed by atoms with Crippen LogP contribution in [0, 0.1) is 5.92 Å². The first kappa shape index (κ1) is 16.2. The number of fused-ring (bicyclic) bond motifs is 1. The van der Waals surface area contributed by atoms with Crippen LogP contribution in [-0.4, -0.2) is 45.0 Å². The lowest BCUT2D eigenvalue weighted by Crippen LogP contribution is -2.61. The maximum atomic E-state index is 12.2. The van der Waals surface area contributed by atoms with E-state index in [1.165, 1.54) is 11.8 Å². The Bertz CT molecular complexity index is 751. The first-order chi connectivity index (χ1) is 11.3. The number of β-lactam (4-membered cyclic amide) rings is 1. The number of carboxylic acid groups (broad SMARTS) is 1. The number of nitrogens with zero attached hydrogens (tertiary/aromatic N) is 1. The van der Waals surface area contributed by atoms with Crippen molar-refractivity contribution in [1.29, 1.82) is 0 Å². The molecule has 0 aromatic heterocycles. The molecule has 0 saturated carbocycles. The number of carbonyl (C=O) groups is 3. The molecule has 7 nitrogen and oxygen atoms in total. The summed E-state index contributed by atoms with van der Waals surface area (Å²) in [6, 6.07) is 6.57. The smallest absolute Gasteiger partial charge is 0.352 e. The van der Waals surface area contributed by atoms with Crippen molar-refractivity contribution in [3.63, 3.8) is 0 Å². The third-order valence-corrected chi connectivity index (χ3v) is 4.61. The highest BCUT2D eigenvalue weighted by Crippen LogP contribution is 2.46. The van der Waals surface area contributed by atoms with Gasteiger partial charge in [0.1, 0.15) is 5.70 Å². The molecule has 2 aliphatic heterocycles. The molecule has 1 aromatic rings. The average molecular weight is 330 g/mol. The second kappa shape index (κ2) is 5.76. The predicted molar refractivity (Wildman–Crippen MR) is 84.3 cm³/mol. The van der Waals surface area contributed by atoms with Crippen LogP contribution >= 0.6 is 0 Å². The van der Waals surface area contributed by atoms with Crippen molar-refractivity contribution in [2.75, 3.05) is 0 Å². The van der Waals surface area contributed by atoms with E-state index in [-0.39, 0.29) is 24.1 Å². The van der Waals surface area contributed by atoms with Gasteiger partial charge in [-0.2, -0.15) is 0 Å². The molecule has 0 spiro atoms. The minimum Gasteiger partial charge on any atom is -0.477 e. The van der Waals surface area contributed by atoms with Crippen molar-refractivity contribution in [3.05, 3.63) is 41.1 Å². The number of amides is 2. The highest BCUT2D eigenvalue weighted by atomic mass is 16.4. The molecule has 7 heteroatoms. The van der Waals surface area contributed by atoms with Crippen LogP contribution in [0.3, 0.4) is 0 Å². The van der Waals surface area contributed by atoms with Crippen molar-refractivity contribution in [3.8, 4) is 0 Å². The SMILES string of the molecule is C[C@@H](O)[C@H]1C(=O)N2C(C(=O)O)=C(c3ccc(CC(N)=O)cc3)C[C@H]12. The number of aliphatic carboxylic acids is 1. The molecule has 2 amide bonds. The number of benzene rings is 1. The van der Waals surface area contributed by atoms with Gasteiger partial charge in [-0.1, -0.05) is 24.3 Å². The zero-order valence-corrected chi connectivity index (χ0v) is 13.1. The predicted octanol–water partition coefficient (Wildman–Crippen LogP) is 0.122. The number of hydrogen-bond donors (Lipinski definition) is 3. The van der Waals surface area contributed by atoms with Gasteiger partial charge in [0.05, 0.1) is 24.5 Å². The quantitative estimate of drug-likeness (QED) is 0.662. The Balaban J connectivity index is 1.93. The van der Waals surface area contributed by atoms with Gasteiger partial charge < -0.3 is 20.8 Å². The van der Waals surface area contributed by atoms with E-state index < -0.39 is 23.9 Å². The number of hydrogen-bond acceptors (Lipinski definition) is 4. The molecular formula is C17H18N2O5. The van der Waals surface area contributed by atoms with Gasteiger partial charge in [-0.05, 0) is 30.0 Å². The molecule has 0 bridgehead atoms. The average Bonchev–Trinajstić information content (AvgIpc) is 2.82. The Morgan fingerprint density at radius 2 is 1.96 bits per heavy atom. The topological polar surface area (TPSA) is 121 Å². The van der Waals surface area contributed by atoms with Gasteiger partial charge in [-0.25, -0.2) is 4.79 Å². The van der Waals surface area contributed by atoms with E-state index in [9.17, 15) is 24.6 Å². The zero-order chi connectivity index (χ0) is 17.6. The van der Waals surface area contributed by atoms with Gasteiger partial charge in [0.25, 0.3) is 0 Å². The minimum atomic E-state index is -1.16. The van der Waals surface area contributed by atoms with Gasteiger partial charge in [-0.15, -0.1) is 0 Å². The molecule has 2 aliphatic rings. The maximum Gasteiger partial charge on any atom is 0.352 e. The van der Waals surface area contributed by atoms with E-state index in [2.05, 4.69) is 0 Å². The van der Waals surface area contributed by atoms with Crippen molar-refractivity contribution < 1.29 is 24.6 Å². The zero-order valence-electron chi connectivity index (χ0n) is 13.1. The lowest BCUT2D eigenvalue weighted by atomic mass is 9.82. The number of aliphatic hydroxyl groups is 1. The van der Waals surface area contributed by atoms with Gasteiger partial charge >= 0.3 is 5.97 Å². The Morgan fingerprint density at radius 3 is 2.46 bits per heavy atom. The molecule has 4 N–H and O–H groups in total. The van der Waals surface area contributed by atoms with Crippen LogP contribution in [0.25, 0.3) is 5.57 Å². The van der Waals surface area contributed by atoms with E-state index in [1.54, 1.807) is 24.3 Å². The highest BCUT2D eigenvalue weighted by molar-refractivity contribution is 6.06. The number of carbonyl (C=O) groups excluding carboxylic acids is 2. The molecule has 126 valence electrons. The minimum absolute atomic E-state index is 0.0236. The van der Waals surface area contributed by atoms with Crippen LogP contribution in [0.5, 0.6) is 0 Å². The second-order valence-corrected chi connectivity index (χ2v) is 6.22. The molecule has 1 saturated heterocycles. The Labute approximate surface area is 138 Å². The summed E-state index contributed by atoms with van der Waals surface area (Å²) < 4.78 is 0. The first-order valence-corrected chi connectivity index (χ1v) is 7.66. The number of primary amides is 1. The summed E-state index contributed by atoms with van der Waals surface area (Å²) in [5.41, 5.74) is 7.12. The van der Waals surface area contributed by atoms with Crippen LogP contribution in [0.15, 0.2) is 30.0 Å². The third-order valence-electron chi connectivity index (χ3n) is 4.61. The van der Waals surface area contributed by atoms with Gasteiger partial charge in [0.15, 0.2) is 0 Å². The standard InChI is InChI=1S/C17H18N2O5/c1-8(20)14-12-7-11(15(17(23)24)19(12)16(14)22)10-4-2-9(3-5-10)6-13(18)21/h2-5,8,12,14,20H,6-7H2,1H3,(H2,18,21)(H,23,24)/t8-,12-,14-/m1/s1. The molecule has 0 radical (unpaired) electrons. The van der Waals surface area contributed by atoms with Crippen molar-refractivity contribution >= 4 is 23.4 Å². The Morgan fingerprint density at radius 1 is 1.33 bits per heavy atom. The molecule has 0 aliphatic carbocycles. The molecule has 3 atom stereocenters. The van der Waals surface area contributed by atoms with Crippen molar-refractivity contribution in [2.45, 2.75) is 31.9 Å². The molecule has 1 aromatic carbocycles. The molecule has 2 heterocycles. The normalized spacial score (nSPS) is 23.8. The van der Waals surface area contributed by atoms with Crippen LogP contribution in [0.4, 0.5) is 0 Å². The fraction of sp³-hybridized carbons (Fsp3) is 0.353. The van der Waals surface area contributed by atoms with Gasteiger partial charge in [-0.3, -0.25) is 9.59 Å². The maximum absolute atomic E-state index is 12.2. The third kappa shape index (κ3) is 2.46. The number of rotatable bonds is 5. The summed E-state index contributed by atoms with van der Waals surface area (Å²) in [5, 5.41) is 19.2. The first-order valence-electron chi connectivity index (χ1n) is 7.66. The van der Waals surface area contributed by atoms with E-state index in [0.717, 1.165) is 5.56 Å². The Hall–Kier alpha value is -2.67. The summed E-state index contributed by atoms with van der Waals surface area (Å²) >= 11 is 0. The molecule has 0 unspecified atom stereocenters. The Kier molecular flexibility index (Phi) is 3.88. The lowest BCUT2D eigenvalue weighted by Gasteiger charge is -2.44. The van der Waals surface area contributed by atoms with Gasteiger partial charge in [0.2, 0.25) is 11.8 Å². The molecule has 1 fully saturated rings. The second-order valence-electron chi connectivity index (χ2n) is 6.22. The molecule has 3 rings (SSSR count). The number of aliphatic hydroxyl groups excluding tert-OH is 1. The summed E-state index contributed by atoms with van der Waals surface area (Å²) in [6.07, 6.45) is -0.313. The molecule has 24 heavy (non-hydrogen) atoms. The van der Waals surface area contributed by atoms with E-state index in [1.807, 2.05) is 0 Å². The summed E-state index contributed by atoms with van der Waals surface area (Å²) in [5.74, 6) is -2.52. The van der Waals surface area contributed by atoms with E-state index >= 15 is 0 Å². The van der Waals surface area contributed by atoms with Gasteiger partial charge in [0, 0.05) is 0 Å². The van der Waals surface area contributed by atoms with Crippen molar-refractivity contribution in [2.24, 2.45) is 11.7 Å². The largest absolute Gasteiger partial charge is 0.477 e. The molecular weight excluding hydrogens is 312 g/mol. The highest BCUT2D eigenvalue weighted by Gasteiger charge is 2.56. The summed E-state index contributed by atoms with van der Waals surface area (Å²) in [7, 11) is 0.